The summed E-state index contributed by atoms with van der Waals surface area (Å²) >= 11 is 0. The molecule has 0 saturated heterocycles. The predicted molar refractivity (Wildman–Crippen MR) is 61.7 cm³/mol. The van der Waals surface area contributed by atoms with Gasteiger partial charge in [-0.15, -0.1) is 0 Å². The lowest BCUT2D eigenvalue weighted by molar-refractivity contribution is 0.0784. The average molecular weight is 205 g/mol. The second kappa shape index (κ2) is 4.77. The molecule has 1 aromatic carbocycles. The van der Waals surface area contributed by atoms with Crippen LogP contribution in [0.15, 0.2) is 30.3 Å². The predicted octanol–water partition coefficient (Wildman–Crippen LogP) is 2.20. The topological polar surface area (TPSA) is 21.3 Å². The summed E-state index contributed by atoms with van der Waals surface area (Å²) in [5.74, 6) is 0. The molecule has 0 atom stereocenters. The van der Waals surface area contributed by atoms with Gasteiger partial charge in [0, 0.05) is 12.0 Å². The Morgan fingerprint density at radius 3 is 2.60 bits per heavy atom. The van der Waals surface area contributed by atoms with Gasteiger partial charge in [0.05, 0.1) is 13.2 Å². The van der Waals surface area contributed by atoms with E-state index >= 15 is 0 Å². The molecule has 0 aromatic heterocycles. The molecule has 0 aliphatic heterocycles. The normalized spacial score (nSPS) is 17.7. The Hall–Kier alpha value is -0.860. The summed E-state index contributed by atoms with van der Waals surface area (Å²) in [5.41, 5.74) is 1.71. The van der Waals surface area contributed by atoms with Crippen molar-refractivity contribution in [3.05, 3.63) is 35.9 Å². The number of benzene rings is 1. The third kappa shape index (κ3) is 3.05. The van der Waals surface area contributed by atoms with E-state index in [1.165, 1.54) is 18.4 Å². The molecule has 1 aliphatic rings. The molecule has 0 radical (unpaired) electrons. The molecule has 2 rings (SSSR count). The van der Waals surface area contributed by atoms with Crippen LogP contribution < -0.4 is 5.32 Å². The van der Waals surface area contributed by atoms with Crippen LogP contribution in [-0.2, 0) is 11.3 Å². The van der Waals surface area contributed by atoms with Gasteiger partial charge in [0.1, 0.15) is 0 Å². The van der Waals surface area contributed by atoms with E-state index in [1.807, 2.05) is 13.1 Å². The Morgan fingerprint density at radius 2 is 2.00 bits per heavy atom. The van der Waals surface area contributed by atoms with Crippen molar-refractivity contribution in [1.29, 1.82) is 0 Å². The number of rotatable bonds is 6. The van der Waals surface area contributed by atoms with Gasteiger partial charge in [-0.3, -0.25) is 0 Å². The van der Waals surface area contributed by atoms with E-state index in [-0.39, 0.29) is 0 Å². The van der Waals surface area contributed by atoms with Crippen molar-refractivity contribution in [3.8, 4) is 0 Å². The van der Waals surface area contributed by atoms with Crippen molar-refractivity contribution < 1.29 is 4.74 Å². The van der Waals surface area contributed by atoms with E-state index in [1.54, 1.807) is 0 Å². The summed E-state index contributed by atoms with van der Waals surface area (Å²) in [6, 6.07) is 10.4. The first-order chi connectivity index (χ1) is 7.35. The van der Waals surface area contributed by atoms with E-state index in [0.29, 0.717) is 5.41 Å². The highest BCUT2D eigenvalue weighted by molar-refractivity contribution is 5.13. The van der Waals surface area contributed by atoms with Crippen LogP contribution in [0.25, 0.3) is 0 Å². The molecule has 1 aromatic rings. The van der Waals surface area contributed by atoms with Crippen LogP contribution in [0.2, 0.25) is 0 Å². The highest BCUT2D eigenvalue weighted by Gasteiger charge is 2.41. The first-order valence-electron chi connectivity index (χ1n) is 5.61. The third-order valence-corrected chi connectivity index (χ3v) is 3.03. The molecule has 0 unspecified atom stereocenters. The first-order valence-corrected chi connectivity index (χ1v) is 5.61. The van der Waals surface area contributed by atoms with Gasteiger partial charge < -0.3 is 10.1 Å². The molecule has 2 nitrogen and oxygen atoms in total. The van der Waals surface area contributed by atoms with Crippen LogP contribution in [0.4, 0.5) is 0 Å². The quantitative estimate of drug-likeness (QED) is 0.768. The summed E-state index contributed by atoms with van der Waals surface area (Å²) < 4.78 is 5.76. The molecule has 1 saturated carbocycles. The van der Waals surface area contributed by atoms with Gasteiger partial charge in [-0.1, -0.05) is 30.3 Å². The molecule has 1 fully saturated rings. The molecule has 15 heavy (non-hydrogen) atoms. The van der Waals surface area contributed by atoms with Crippen molar-refractivity contribution in [2.75, 3.05) is 20.2 Å². The first kappa shape index (κ1) is 10.7. The van der Waals surface area contributed by atoms with E-state index in [2.05, 4.69) is 29.6 Å². The maximum absolute atomic E-state index is 5.76. The van der Waals surface area contributed by atoms with Gasteiger partial charge >= 0.3 is 0 Å². The number of hydrogen-bond donors (Lipinski definition) is 1. The fourth-order valence-electron chi connectivity index (χ4n) is 1.88. The Bertz CT molecular complexity index is 293. The van der Waals surface area contributed by atoms with Gasteiger partial charge in [0.2, 0.25) is 0 Å². The number of hydrogen-bond acceptors (Lipinski definition) is 2. The Morgan fingerprint density at radius 1 is 1.27 bits per heavy atom. The number of nitrogens with one attached hydrogen (secondary N) is 1. The largest absolute Gasteiger partial charge is 0.376 e. The van der Waals surface area contributed by atoms with Gasteiger partial charge in [0.25, 0.3) is 0 Å². The Labute approximate surface area is 91.6 Å². The van der Waals surface area contributed by atoms with Crippen molar-refractivity contribution >= 4 is 0 Å². The van der Waals surface area contributed by atoms with Crippen LogP contribution in [0.1, 0.15) is 18.4 Å². The smallest absolute Gasteiger partial charge is 0.0717 e. The van der Waals surface area contributed by atoms with E-state index in [9.17, 15) is 0 Å². The molecule has 82 valence electrons. The third-order valence-electron chi connectivity index (χ3n) is 3.03. The van der Waals surface area contributed by atoms with Gasteiger partial charge in [0.15, 0.2) is 0 Å². The second-order valence-corrected chi connectivity index (χ2v) is 4.51. The standard InChI is InChI=1S/C13H19NO/c1-14-10-13(7-8-13)11-15-9-12-5-3-2-4-6-12/h2-6,14H,7-11H2,1H3. The summed E-state index contributed by atoms with van der Waals surface area (Å²) in [4.78, 5) is 0. The van der Waals surface area contributed by atoms with E-state index < -0.39 is 0 Å². The minimum Gasteiger partial charge on any atom is -0.376 e. The fraction of sp³-hybridized carbons (Fsp3) is 0.538. The lowest BCUT2D eigenvalue weighted by Crippen LogP contribution is -2.24. The second-order valence-electron chi connectivity index (χ2n) is 4.51. The highest BCUT2D eigenvalue weighted by Crippen LogP contribution is 2.45. The van der Waals surface area contributed by atoms with Gasteiger partial charge in [-0.25, -0.2) is 0 Å². The molecular formula is C13H19NO. The average Bonchev–Trinajstić information content (AvgIpc) is 3.00. The van der Waals surface area contributed by atoms with Gasteiger partial charge in [-0.2, -0.15) is 0 Å². The Balaban J connectivity index is 1.71. The molecular weight excluding hydrogens is 186 g/mol. The zero-order chi connectivity index (χ0) is 10.6. The monoisotopic (exact) mass is 205 g/mol. The zero-order valence-electron chi connectivity index (χ0n) is 9.33. The van der Waals surface area contributed by atoms with Crippen molar-refractivity contribution in [3.63, 3.8) is 0 Å². The zero-order valence-corrected chi connectivity index (χ0v) is 9.33. The van der Waals surface area contributed by atoms with Crippen LogP contribution in [0, 0.1) is 5.41 Å². The molecule has 0 heterocycles. The minimum atomic E-state index is 0.448. The lowest BCUT2D eigenvalue weighted by Gasteiger charge is -2.14. The highest BCUT2D eigenvalue weighted by atomic mass is 16.5. The summed E-state index contributed by atoms with van der Waals surface area (Å²) in [6.07, 6.45) is 2.62. The van der Waals surface area contributed by atoms with E-state index in [0.717, 1.165) is 19.8 Å². The summed E-state index contributed by atoms with van der Waals surface area (Å²) in [7, 11) is 2.01. The Kier molecular flexibility index (Phi) is 3.39. The molecule has 1 aliphatic carbocycles. The van der Waals surface area contributed by atoms with Crippen LogP contribution in [0.5, 0.6) is 0 Å². The maximum atomic E-state index is 5.76. The molecule has 2 heteroatoms. The SMILES string of the molecule is CNCC1(COCc2ccccc2)CC1. The number of ether oxygens (including phenoxy) is 1. The maximum Gasteiger partial charge on any atom is 0.0717 e. The van der Waals surface area contributed by atoms with Crippen LogP contribution in [0.3, 0.4) is 0 Å². The van der Waals surface area contributed by atoms with Crippen LogP contribution in [-0.4, -0.2) is 20.2 Å². The van der Waals surface area contributed by atoms with Crippen molar-refractivity contribution in [1.82, 2.24) is 5.32 Å². The molecule has 0 bridgehead atoms. The molecule has 0 spiro atoms. The molecule has 1 N–H and O–H groups in total. The molecule has 0 amide bonds. The fourth-order valence-corrected chi connectivity index (χ4v) is 1.88. The lowest BCUT2D eigenvalue weighted by atomic mass is 10.1. The summed E-state index contributed by atoms with van der Waals surface area (Å²) in [5, 5.41) is 3.24. The summed E-state index contributed by atoms with van der Waals surface area (Å²) in [6.45, 7) is 2.72. The van der Waals surface area contributed by atoms with E-state index in [4.69, 9.17) is 4.74 Å². The minimum absolute atomic E-state index is 0.448. The van der Waals surface area contributed by atoms with Crippen molar-refractivity contribution in [2.45, 2.75) is 19.4 Å². The van der Waals surface area contributed by atoms with Crippen LogP contribution >= 0.6 is 0 Å². The van der Waals surface area contributed by atoms with Gasteiger partial charge in [-0.05, 0) is 25.5 Å². The van der Waals surface area contributed by atoms with Crippen molar-refractivity contribution in [2.24, 2.45) is 5.41 Å².